The van der Waals surface area contributed by atoms with E-state index >= 15 is 0 Å². The lowest BCUT2D eigenvalue weighted by atomic mass is 9.99. The van der Waals surface area contributed by atoms with Crippen LogP contribution < -0.4 is 5.43 Å². The fourth-order valence-electron chi connectivity index (χ4n) is 3.82. The molecule has 160 valence electrons. The van der Waals surface area contributed by atoms with Crippen molar-refractivity contribution in [1.82, 2.24) is 15.4 Å². The molecule has 0 atom stereocenters. The second kappa shape index (κ2) is 8.69. The largest absolute Gasteiger partial charge is 0.505 e. The molecular weight excluding hydrogens is 401 g/mol. The van der Waals surface area contributed by atoms with Crippen molar-refractivity contribution in [2.24, 2.45) is 0 Å². The van der Waals surface area contributed by atoms with Crippen molar-refractivity contribution >= 4 is 22.8 Å². The summed E-state index contributed by atoms with van der Waals surface area (Å²) < 4.78 is 13.2. The second-order valence-electron chi connectivity index (χ2n) is 7.66. The first-order valence-corrected chi connectivity index (χ1v) is 10.1. The van der Waals surface area contributed by atoms with Gasteiger partial charge >= 0.3 is 5.97 Å². The second-order valence-corrected chi connectivity index (χ2v) is 7.66. The number of hydrogen-bond acceptors (Lipinski definition) is 5. The lowest BCUT2D eigenvalue weighted by Gasteiger charge is -2.27. The van der Waals surface area contributed by atoms with Crippen molar-refractivity contribution < 1.29 is 24.2 Å². The normalized spacial score (nSPS) is 14.5. The van der Waals surface area contributed by atoms with Crippen molar-refractivity contribution in [2.45, 2.75) is 25.7 Å². The van der Waals surface area contributed by atoms with Gasteiger partial charge in [-0.1, -0.05) is 18.6 Å². The molecule has 3 aromatic rings. The number of aromatic hydroxyl groups is 1. The summed E-state index contributed by atoms with van der Waals surface area (Å²) in [5, 5.41) is 22.1. The smallest absolute Gasteiger partial charge is 0.339 e. The van der Waals surface area contributed by atoms with Gasteiger partial charge in [-0.05, 0) is 54.7 Å². The Morgan fingerprint density at radius 1 is 1.03 bits per heavy atom. The van der Waals surface area contributed by atoms with Gasteiger partial charge in [-0.25, -0.2) is 14.2 Å². The van der Waals surface area contributed by atoms with Crippen LogP contribution in [0.15, 0.2) is 42.6 Å². The first-order valence-electron chi connectivity index (χ1n) is 10.1. The van der Waals surface area contributed by atoms with E-state index in [0.29, 0.717) is 11.8 Å². The highest BCUT2D eigenvalue weighted by Gasteiger charge is 2.23. The summed E-state index contributed by atoms with van der Waals surface area (Å²) in [6.07, 6.45) is 5.01. The van der Waals surface area contributed by atoms with E-state index in [1.165, 1.54) is 24.4 Å². The summed E-state index contributed by atoms with van der Waals surface area (Å²) >= 11 is 0. The van der Waals surface area contributed by atoms with Crippen LogP contribution in [0.1, 0.15) is 51.1 Å². The van der Waals surface area contributed by atoms with Gasteiger partial charge in [0.15, 0.2) is 5.75 Å². The van der Waals surface area contributed by atoms with Gasteiger partial charge in [0, 0.05) is 24.7 Å². The molecule has 2 aromatic carbocycles. The maximum atomic E-state index is 13.2. The van der Waals surface area contributed by atoms with Gasteiger partial charge in [0.25, 0.3) is 5.91 Å². The van der Waals surface area contributed by atoms with E-state index < -0.39 is 17.6 Å². The number of aromatic carboxylic acids is 1. The average Bonchev–Trinajstić information content (AvgIpc) is 2.76. The Morgan fingerprint density at radius 2 is 1.74 bits per heavy atom. The Bertz CT molecular complexity index is 1140. The number of hydrazine groups is 1. The predicted molar refractivity (Wildman–Crippen MR) is 112 cm³/mol. The molecule has 1 aromatic heterocycles. The summed E-state index contributed by atoms with van der Waals surface area (Å²) in [5.41, 5.74) is 4.23. The van der Waals surface area contributed by atoms with Crippen LogP contribution in [-0.4, -0.2) is 45.2 Å². The minimum atomic E-state index is -1.34. The van der Waals surface area contributed by atoms with Crippen LogP contribution in [-0.2, 0) is 6.42 Å². The molecule has 1 aliphatic heterocycles. The molecule has 31 heavy (non-hydrogen) atoms. The number of rotatable bonds is 5. The number of aromatic nitrogens is 1. The first-order chi connectivity index (χ1) is 14.9. The number of pyridine rings is 1. The third kappa shape index (κ3) is 4.49. The van der Waals surface area contributed by atoms with E-state index in [2.05, 4.69) is 10.4 Å². The van der Waals surface area contributed by atoms with Crippen LogP contribution in [0.3, 0.4) is 0 Å². The monoisotopic (exact) mass is 423 g/mol. The zero-order valence-corrected chi connectivity index (χ0v) is 16.8. The number of carbonyl (C=O) groups excluding carboxylic acids is 1. The molecule has 1 saturated heterocycles. The van der Waals surface area contributed by atoms with Crippen LogP contribution in [0.2, 0.25) is 0 Å². The lowest BCUT2D eigenvalue weighted by Crippen LogP contribution is -2.45. The molecule has 0 aliphatic carbocycles. The molecule has 0 spiro atoms. The summed E-state index contributed by atoms with van der Waals surface area (Å²) in [6.45, 7) is 1.45. The molecule has 0 saturated carbocycles. The Hall–Kier alpha value is -3.52. The van der Waals surface area contributed by atoms with E-state index in [4.69, 9.17) is 0 Å². The van der Waals surface area contributed by atoms with Gasteiger partial charge in [0.1, 0.15) is 16.9 Å². The zero-order valence-electron chi connectivity index (χ0n) is 16.8. The zero-order chi connectivity index (χ0) is 22.0. The van der Waals surface area contributed by atoms with Gasteiger partial charge in [-0.15, -0.1) is 0 Å². The predicted octanol–water partition coefficient (Wildman–Crippen LogP) is 3.50. The average molecular weight is 423 g/mol. The number of nitrogens with zero attached hydrogens (tertiary/aromatic N) is 2. The van der Waals surface area contributed by atoms with Crippen LogP contribution in [0.25, 0.3) is 10.9 Å². The van der Waals surface area contributed by atoms with Crippen LogP contribution in [0, 0.1) is 5.82 Å². The van der Waals surface area contributed by atoms with Crippen molar-refractivity contribution in [3.63, 3.8) is 0 Å². The highest BCUT2D eigenvalue weighted by molar-refractivity contribution is 6.11. The molecule has 0 radical (unpaired) electrons. The van der Waals surface area contributed by atoms with Crippen molar-refractivity contribution in [2.75, 3.05) is 13.1 Å². The van der Waals surface area contributed by atoms with Crippen molar-refractivity contribution in [3.05, 3.63) is 70.7 Å². The molecule has 0 bridgehead atoms. The van der Waals surface area contributed by atoms with Crippen LogP contribution >= 0.6 is 0 Å². The van der Waals surface area contributed by atoms with E-state index in [-0.39, 0.29) is 22.5 Å². The number of carbonyl (C=O) groups is 2. The van der Waals surface area contributed by atoms with E-state index in [9.17, 15) is 24.2 Å². The topological polar surface area (TPSA) is 103 Å². The SMILES string of the molecule is O=C(O)c1cc(C(=O)NN2CCCCC2)c2cc(Cc3ccc(F)cc3)cnc2c1O. The maximum Gasteiger partial charge on any atom is 0.339 e. The maximum absolute atomic E-state index is 13.2. The number of piperidine rings is 1. The third-order valence-electron chi connectivity index (χ3n) is 5.41. The molecule has 4 rings (SSSR count). The summed E-state index contributed by atoms with van der Waals surface area (Å²) in [5.74, 6) is -2.60. The molecule has 1 fully saturated rings. The molecule has 3 N–H and O–H groups in total. The molecule has 1 aliphatic rings. The molecule has 1 amide bonds. The van der Waals surface area contributed by atoms with Gasteiger partial charge < -0.3 is 10.2 Å². The number of phenols is 1. The van der Waals surface area contributed by atoms with Crippen LogP contribution in [0.5, 0.6) is 5.75 Å². The highest BCUT2D eigenvalue weighted by atomic mass is 19.1. The fraction of sp³-hybridized carbons (Fsp3) is 0.261. The molecular formula is C23H22FN3O4. The summed E-state index contributed by atoms with van der Waals surface area (Å²) in [6, 6.07) is 8.95. The Labute approximate surface area is 178 Å². The minimum Gasteiger partial charge on any atom is -0.505 e. The third-order valence-corrected chi connectivity index (χ3v) is 5.41. The number of amides is 1. The highest BCUT2D eigenvalue weighted by Crippen LogP contribution is 2.31. The molecule has 0 unspecified atom stereocenters. The minimum absolute atomic E-state index is 0.0477. The van der Waals surface area contributed by atoms with Crippen molar-refractivity contribution in [1.29, 1.82) is 0 Å². The van der Waals surface area contributed by atoms with E-state index in [1.54, 1.807) is 18.2 Å². The Kier molecular flexibility index (Phi) is 5.81. The van der Waals surface area contributed by atoms with E-state index in [1.807, 2.05) is 5.01 Å². The number of hydrogen-bond donors (Lipinski definition) is 3. The molecule has 2 heterocycles. The number of halogens is 1. The lowest BCUT2D eigenvalue weighted by molar-refractivity contribution is 0.0694. The summed E-state index contributed by atoms with van der Waals surface area (Å²) in [7, 11) is 0. The molecule has 7 nitrogen and oxygen atoms in total. The fourth-order valence-corrected chi connectivity index (χ4v) is 3.82. The first kappa shape index (κ1) is 20.7. The number of carboxylic acids is 1. The number of nitrogens with one attached hydrogen (secondary N) is 1. The number of fused-ring (bicyclic) bond motifs is 1. The standard InChI is InChI=1S/C23H22FN3O4/c24-16-6-4-14(5-7-16)10-15-11-17-18(22(29)26-27-8-2-1-3-9-27)12-19(23(30)31)21(28)20(17)25-13-15/h4-7,11-13,28H,1-3,8-10H2,(H,26,29)(H,30,31). The van der Waals surface area contributed by atoms with Crippen LogP contribution in [0.4, 0.5) is 4.39 Å². The van der Waals surface area contributed by atoms with Gasteiger partial charge in [-0.3, -0.25) is 15.2 Å². The quantitative estimate of drug-likeness (QED) is 0.581. The van der Waals surface area contributed by atoms with Gasteiger partial charge in [0.05, 0.1) is 5.56 Å². The van der Waals surface area contributed by atoms with E-state index in [0.717, 1.165) is 43.5 Å². The van der Waals surface area contributed by atoms with Gasteiger partial charge in [0.2, 0.25) is 0 Å². The molecule has 8 heteroatoms. The Balaban J connectivity index is 1.75. The van der Waals surface area contributed by atoms with Crippen molar-refractivity contribution in [3.8, 4) is 5.75 Å². The summed E-state index contributed by atoms with van der Waals surface area (Å²) in [4.78, 5) is 28.9. The van der Waals surface area contributed by atoms with Gasteiger partial charge in [-0.2, -0.15) is 0 Å². The Morgan fingerprint density at radius 3 is 2.42 bits per heavy atom. The number of benzene rings is 2. The number of carboxylic acid groups (broad SMARTS) is 1.